The molecule has 0 spiro atoms. The van der Waals surface area contributed by atoms with Gasteiger partial charge in [-0.3, -0.25) is 4.79 Å². The van der Waals surface area contributed by atoms with Crippen molar-refractivity contribution in [3.63, 3.8) is 0 Å². The van der Waals surface area contributed by atoms with E-state index in [9.17, 15) is 18.0 Å². The van der Waals surface area contributed by atoms with E-state index >= 15 is 0 Å². The van der Waals surface area contributed by atoms with E-state index in [2.05, 4.69) is 10.3 Å². The highest BCUT2D eigenvalue weighted by molar-refractivity contribution is 5.94. The molecule has 3 N–H and O–H groups in total. The van der Waals surface area contributed by atoms with Gasteiger partial charge in [-0.1, -0.05) is 0 Å². The van der Waals surface area contributed by atoms with Crippen LogP contribution in [0.2, 0.25) is 0 Å². The maximum Gasteiger partial charge on any atom is 0.283 e. The zero-order valence-corrected chi connectivity index (χ0v) is 13.8. The predicted molar refractivity (Wildman–Crippen MR) is 86.3 cm³/mol. The highest BCUT2D eigenvalue weighted by Gasteiger charge is 2.64. The molecule has 2 aliphatic heterocycles. The number of hydrogen-bond acceptors (Lipinski definition) is 5. The summed E-state index contributed by atoms with van der Waals surface area (Å²) in [5.41, 5.74) is 3.34. The van der Waals surface area contributed by atoms with Gasteiger partial charge in [0.05, 0.1) is 0 Å². The van der Waals surface area contributed by atoms with E-state index in [0.717, 1.165) is 12.5 Å². The monoisotopic (exact) mass is 369 g/mol. The average Bonchev–Trinajstić information content (AvgIpc) is 3.16. The lowest BCUT2D eigenvalue weighted by Crippen LogP contribution is -2.43. The minimum Gasteiger partial charge on any atom is -0.462 e. The first-order chi connectivity index (χ1) is 12.4. The topological polar surface area (TPSA) is 85.9 Å². The number of halogens is 3. The zero-order chi connectivity index (χ0) is 18.5. The maximum absolute atomic E-state index is 14.5. The summed E-state index contributed by atoms with van der Waals surface area (Å²) in [7, 11) is 0. The first-order valence-electron chi connectivity index (χ1n) is 8.44. The van der Waals surface area contributed by atoms with Crippen molar-refractivity contribution in [2.24, 2.45) is 16.6 Å². The van der Waals surface area contributed by atoms with Crippen LogP contribution in [0.25, 0.3) is 0 Å². The molecule has 0 unspecified atom stereocenters. The minimum absolute atomic E-state index is 0.208. The van der Waals surface area contributed by atoms with Crippen molar-refractivity contribution in [1.29, 1.82) is 0 Å². The number of ether oxygens (including phenoxy) is 2. The molecule has 0 radical (unpaired) electrons. The second kappa shape index (κ2) is 6.15. The van der Waals surface area contributed by atoms with E-state index in [1.165, 1.54) is 12.1 Å². The van der Waals surface area contributed by atoms with Gasteiger partial charge in [0.2, 0.25) is 0 Å². The van der Waals surface area contributed by atoms with Crippen molar-refractivity contribution in [3.05, 3.63) is 29.6 Å². The number of hydrogen-bond donors (Lipinski definition) is 2. The van der Waals surface area contributed by atoms with Gasteiger partial charge in [-0.15, -0.1) is 0 Å². The third-order valence-electron chi connectivity index (χ3n) is 5.08. The van der Waals surface area contributed by atoms with Gasteiger partial charge in [-0.05, 0) is 37.5 Å². The van der Waals surface area contributed by atoms with Crippen LogP contribution in [0.3, 0.4) is 0 Å². The Hall–Kier alpha value is -2.29. The Morgan fingerprint density at radius 3 is 2.92 bits per heavy atom. The first-order valence-corrected chi connectivity index (χ1v) is 8.44. The van der Waals surface area contributed by atoms with Crippen molar-refractivity contribution >= 4 is 17.6 Å². The molecule has 0 bridgehead atoms. The molecule has 140 valence electrons. The van der Waals surface area contributed by atoms with Gasteiger partial charge in [0.15, 0.2) is 5.54 Å². The molecule has 4 rings (SSSR count). The fourth-order valence-electron chi connectivity index (χ4n) is 3.72. The number of aliphatic imine (C=N–C) groups is 1. The number of anilines is 1. The van der Waals surface area contributed by atoms with E-state index < -0.39 is 35.9 Å². The number of nitrogens with two attached hydrogens (primary N) is 1. The van der Waals surface area contributed by atoms with Crippen LogP contribution >= 0.6 is 0 Å². The van der Waals surface area contributed by atoms with E-state index in [0.29, 0.717) is 19.4 Å². The van der Waals surface area contributed by atoms with Gasteiger partial charge in [-0.2, -0.15) is 0 Å². The molecule has 2 heterocycles. The van der Waals surface area contributed by atoms with Crippen molar-refractivity contribution in [2.75, 3.05) is 11.9 Å². The lowest BCUT2D eigenvalue weighted by molar-refractivity contribution is -0.124. The molecular formula is C17H18F3N3O3. The highest BCUT2D eigenvalue weighted by Crippen LogP contribution is 2.56. The molecule has 9 heteroatoms. The Morgan fingerprint density at radius 2 is 2.23 bits per heavy atom. The third kappa shape index (κ3) is 2.70. The molecular weight excluding hydrogens is 351 g/mol. The van der Waals surface area contributed by atoms with Crippen LogP contribution in [0, 0.1) is 11.7 Å². The van der Waals surface area contributed by atoms with Crippen LogP contribution in [-0.4, -0.2) is 37.2 Å². The molecule has 4 atom stereocenters. The summed E-state index contributed by atoms with van der Waals surface area (Å²) in [4.78, 5) is 16.0. The van der Waals surface area contributed by atoms with Crippen LogP contribution < -0.4 is 11.1 Å². The number of amides is 1. The van der Waals surface area contributed by atoms with Crippen molar-refractivity contribution in [3.8, 4) is 0 Å². The Labute approximate surface area is 147 Å². The fourth-order valence-corrected chi connectivity index (χ4v) is 3.72. The number of amidine groups is 1. The van der Waals surface area contributed by atoms with Crippen molar-refractivity contribution in [1.82, 2.24) is 0 Å². The molecule has 2 fully saturated rings. The van der Waals surface area contributed by atoms with Gasteiger partial charge in [0.1, 0.15) is 18.0 Å². The van der Waals surface area contributed by atoms with Crippen LogP contribution in [0.15, 0.2) is 23.2 Å². The van der Waals surface area contributed by atoms with Gasteiger partial charge in [0, 0.05) is 23.8 Å². The quantitative estimate of drug-likeness (QED) is 0.852. The molecule has 1 aromatic carbocycles. The van der Waals surface area contributed by atoms with Gasteiger partial charge in [0.25, 0.3) is 18.4 Å². The molecule has 3 aliphatic rings. The average molecular weight is 369 g/mol. The van der Waals surface area contributed by atoms with Gasteiger partial charge in [-0.25, -0.2) is 18.2 Å². The van der Waals surface area contributed by atoms with Crippen LogP contribution in [0.1, 0.15) is 24.8 Å². The molecule has 0 aromatic heterocycles. The largest absolute Gasteiger partial charge is 0.462 e. The number of fused-ring (bicyclic) bond motifs is 1. The summed E-state index contributed by atoms with van der Waals surface area (Å²) in [6.07, 6.45) is -2.37. The van der Waals surface area contributed by atoms with Crippen LogP contribution in [0.5, 0.6) is 0 Å². The number of carbonyl (C=O) groups is 1. The Kier molecular flexibility index (Phi) is 4.06. The number of benzene rings is 1. The van der Waals surface area contributed by atoms with Crippen LogP contribution in [-0.2, 0) is 19.8 Å². The Balaban J connectivity index is 1.69. The smallest absolute Gasteiger partial charge is 0.283 e. The molecule has 1 saturated heterocycles. The second-order valence-electron chi connectivity index (χ2n) is 6.76. The Bertz CT molecular complexity index is 767. The maximum atomic E-state index is 14.5. The normalized spacial score (nSPS) is 32.6. The number of alkyl halides is 2. The molecule has 1 aromatic rings. The number of carbonyl (C=O) groups excluding carboxylic acids is 1. The van der Waals surface area contributed by atoms with E-state index in [1.54, 1.807) is 0 Å². The molecule has 1 saturated carbocycles. The van der Waals surface area contributed by atoms with Gasteiger partial charge < -0.3 is 20.5 Å². The Morgan fingerprint density at radius 1 is 1.42 bits per heavy atom. The third-order valence-corrected chi connectivity index (χ3v) is 5.08. The molecule has 26 heavy (non-hydrogen) atoms. The SMILES string of the molecule is NC1=N[C@@](c2cc(NC(=O)[C@@H]3CCCO3)ccc2F)(C(F)F)[C@H]2C[C@H]2O1. The summed E-state index contributed by atoms with van der Waals surface area (Å²) in [5, 5.41) is 2.60. The van der Waals surface area contributed by atoms with E-state index in [4.69, 9.17) is 15.2 Å². The lowest BCUT2D eigenvalue weighted by Gasteiger charge is -2.33. The number of nitrogens with one attached hydrogen (secondary N) is 1. The summed E-state index contributed by atoms with van der Waals surface area (Å²) >= 11 is 0. The van der Waals surface area contributed by atoms with E-state index in [1.807, 2.05) is 0 Å². The summed E-state index contributed by atoms with van der Waals surface area (Å²) in [6, 6.07) is 3.19. The highest BCUT2D eigenvalue weighted by atomic mass is 19.3. The summed E-state index contributed by atoms with van der Waals surface area (Å²) in [6.45, 7) is 0.498. The molecule has 6 nitrogen and oxygen atoms in total. The van der Waals surface area contributed by atoms with Crippen molar-refractivity contribution in [2.45, 2.75) is 43.4 Å². The number of nitrogens with zero attached hydrogens (tertiary/aromatic N) is 1. The van der Waals surface area contributed by atoms with Gasteiger partial charge >= 0.3 is 0 Å². The first kappa shape index (κ1) is 17.1. The van der Waals surface area contributed by atoms with E-state index in [-0.39, 0.29) is 23.2 Å². The molecule has 1 aliphatic carbocycles. The predicted octanol–water partition coefficient (Wildman–Crippen LogP) is 2.14. The minimum atomic E-state index is -2.97. The molecule has 1 amide bonds. The number of rotatable bonds is 4. The summed E-state index contributed by atoms with van der Waals surface area (Å²) < 4.78 is 53.0. The standard InChI is InChI=1S/C17H18F3N3O3/c18-11-4-3-8(22-14(24)12-2-1-5-25-12)6-9(11)17(15(19)20)10-7-13(10)26-16(21)23-17/h3-4,6,10,12-13,15H,1-2,5,7H2,(H2,21,23)(H,22,24)/t10-,12-,13+,17+/m0/s1. The summed E-state index contributed by atoms with van der Waals surface area (Å²) in [5.74, 6) is -1.87. The lowest BCUT2D eigenvalue weighted by atomic mass is 9.84. The second-order valence-corrected chi connectivity index (χ2v) is 6.76. The van der Waals surface area contributed by atoms with Crippen LogP contribution in [0.4, 0.5) is 18.9 Å². The zero-order valence-electron chi connectivity index (χ0n) is 13.8. The van der Waals surface area contributed by atoms with Crippen molar-refractivity contribution < 1.29 is 27.4 Å². The fraction of sp³-hybridized carbons (Fsp3) is 0.529.